The Morgan fingerprint density at radius 2 is 1.52 bits per heavy atom. The van der Waals surface area contributed by atoms with Gasteiger partial charge in [0.05, 0.1) is 16.5 Å². The van der Waals surface area contributed by atoms with Crippen LogP contribution >= 0.6 is 0 Å². The zero-order valence-corrected chi connectivity index (χ0v) is 25.4. The van der Waals surface area contributed by atoms with Gasteiger partial charge in [-0.15, -0.1) is 0 Å². The zero-order valence-electron chi connectivity index (χ0n) is 25.4. The summed E-state index contributed by atoms with van der Waals surface area (Å²) in [4.78, 5) is 25.4. The topological polar surface area (TPSA) is 151 Å². The van der Waals surface area contributed by atoms with Crippen LogP contribution in [-0.4, -0.2) is 45.5 Å². The fourth-order valence-electron chi connectivity index (χ4n) is 6.63. The highest BCUT2D eigenvalue weighted by Crippen LogP contribution is 2.51. The molecule has 0 atom stereocenters. The van der Waals surface area contributed by atoms with Crippen LogP contribution in [0, 0.1) is 22.7 Å². The van der Waals surface area contributed by atoms with E-state index < -0.39 is 22.8 Å². The van der Waals surface area contributed by atoms with Crippen molar-refractivity contribution in [3.8, 4) is 12.1 Å². The van der Waals surface area contributed by atoms with Crippen molar-refractivity contribution in [1.82, 2.24) is 0 Å². The van der Waals surface area contributed by atoms with E-state index in [0.717, 1.165) is 33.9 Å². The second-order valence-electron chi connectivity index (χ2n) is 12.0. The maximum Gasteiger partial charge on any atom is 0.335 e. The standard InChI is InChI=1S/C35H32N4O5/c1-7-38-26-11-9-19(32(41)42)13-24(26)34(3,4)28(38)15-22-30(21(17-36)18-37)23(31(22)40)16-29-35(5,6)25-14-20(33(43)44)10-12-27(25)39(29)8-2/h9-16H,7-8H2,1-6H3,(H2-,40,41,42,43,44). The molecule has 2 heterocycles. The van der Waals surface area contributed by atoms with E-state index in [2.05, 4.69) is 0 Å². The van der Waals surface area contributed by atoms with Crippen LogP contribution in [-0.2, 0) is 10.8 Å². The van der Waals surface area contributed by atoms with Crippen LogP contribution in [0.4, 0.5) is 11.4 Å². The van der Waals surface area contributed by atoms with E-state index >= 15 is 0 Å². The number of aromatic carboxylic acids is 2. The Morgan fingerprint density at radius 3 is 2.07 bits per heavy atom. The first-order valence-electron chi connectivity index (χ1n) is 14.3. The van der Waals surface area contributed by atoms with Crippen molar-refractivity contribution in [2.24, 2.45) is 0 Å². The van der Waals surface area contributed by atoms with Crippen molar-refractivity contribution < 1.29 is 29.5 Å². The van der Waals surface area contributed by atoms with Gasteiger partial charge in [-0.25, -0.2) is 9.59 Å². The Kier molecular flexibility index (Phi) is 7.10. The molecule has 0 spiro atoms. The minimum absolute atomic E-state index is 0.164. The van der Waals surface area contributed by atoms with Crippen LogP contribution in [0.25, 0.3) is 0 Å². The number of benzene rings is 2. The molecule has 2 aromatic carbocycles. The average Bonchev–Trinajstić information content (AvgIpc) is 3.34. The van der Waals surface area contributed by atoms with Crippen LogP contribution in [0.5, 0.6) is 0 Å². The van der Waals surface area contributed by atoms with E-state index in [1.165, 1.54) is 0 Å². The number of rotatable bonds is 6. The lowest BCUT2D eigenvalue weighted by Gasteiger charge is -2.36. The molecular weight excluding hydrogens is 556 g/mol. The molecule has 0 saturated carbocycles. The largest absolute Gasteiger partial charge is 0.872 e. The lowest BCUT2D eigenvalue weighted by molar-refractivity contribution is -0.433. The number of carboxylic acids is 2. The minimum atomic E-state index is -1.03. The van der Waals surface area contributed by atoms with Gasteiger partial charge in [0, 0.05) is 46.6 Å². The number of carboxylic acid groups (broad SMARTS) is 2. The van der Waals surface area contributed by atoms with E-state index in [9.17, 15) is 35.4 Å². The van der Waals surface area contributed by atoms with Crippen molar-refractivity contribution in [3.63, 3.8) is 0 Å². The molecule has 2 N–H and O–H groups in total. The van der Waals surface area contributed by atoms with Gasteiger partial charge in [0.1, 0.15) is 24.3 Å². The predicted molar refractivity (Wildman–Crippen MR) is 163 cm³/mol. The Balaban J connectivity index is 1.70. The number of anilines is 1. The summed E-state index contributed by atoms with van der Waals surface area (Å²) in [6, 6.07) is 13.9. The van der Waals surface area contributed by atoms with E-state index in [4.69, 9.17) is 0 Å². The molecular formula is C35H32N4O5. The summed E-state index contributed by atoms with van der Waals surface area (Å²) < 4.78 is 2.02. The predicted octanol–water partition coefficient (Wildman–Crippen LogP) is 5.08. The van der Waals surface area contributed by atoms with Crippen LogP contribution in [0.2, 0.25) is 0 Å². The Morgan fingerprint density at radius 1 is 0.932 bits per heavy atom. The van der Waals surface area contributed by atoms with E-state index in [0.29, 0.717) is 13.1 Å². The highest BCUT2D eigenvalue weighted by molar-refractivity contribution is 6.06. The van der Waals surface area contributed by atoms with Crippen molar-refractivity contribution in [3.05, 3.63) is 105 Å². The maximum absolute atomic E-state index is 13.9. The van der Waals surface area contributed by atoms with Crippen LogP contribution in [0.3, 0.4) is 0 Å². The first-order chi connectivity index (χ1) is 20.7. The van der Waals surface area contributed by atoms with Gasteiger partial charge in [-0.05, 0) is 80.8 Å². The van der Waals surface area contributed by atoms with Gasteiger partial charge < -0.3 is 20.2 Å². The zero-order chi connectivity index (χ0) is 32.3. The number of fused-ring (bicyclic) bond motifs is 2. The van der Waals surface area contributed by atoms with Gasteiger partial charge in [-0.1, -0.05) is 19.6 Å². The van der Waals surface area contributed by atoms with Gasteiger partial charge in [0.25, 0.3) is 0 Å². The number of nitriles is 2. The highest BCUT2D eigenvalue weighted by Gasteiger charge is 2.46. The molecule has 3 aliphatic rings. The summed E-state index contributed by atoms with van der Waals surface area (Å²) in [5, 5.41) is 52.9. The number of hydrogen-bond donors (Lipinski definition) is 2. The first-order valence-corrected chi connectivity index (χ1v) is 14.3. The highest BCUT2D eigenvalue weighted by atomic mass is 16.4. The average molecular weight is 589 g/mol. The molecule has 0 aromatic heterocycles. The molecule has 0 bridgehead atoms. The molecule has 5 rings (SSSR count). The Bertz CT molecular complexity index is 1910. The molecule has 0 amide bonds. The third kappa shape index (κ3) is 4.24. The number of carbonyl (C=O) groups is 2. The third-order valence-corrected chi connectivity index (χ3v) is 8.97. The Hall–Kier alpha value is -5.41. The van der Waals surface area contributed by atoms with Gasteiger partial charge in [-0.2, -0.15) is 15.1 Å². The molecule has 9 nitrogen and oxygen atoms in total. The number of nitrogens with zero attached hydrogens (tertiary/aromatic N) is 4. The summed E-state index contributed by atoms with van der Waals surface area (Å²) in [5.74, 6) is -2.38. The fraction of sp³-hybridized carbons (Fsp3) is 0.286. The van der Waals surface area contributed by atoms with E-state index in [1.54, 1.807) is 48.6 Å². The molecule has 0 radical (unpaired) electrons. The smallest absolute Gasteiger partial charge is 0.335 e. The monoisotopic (exact) mass is 588 g/mol. The number of hydrogen-bond acceptors (Lipinski definition) is 6. The second kappa shape index (κ2) is 10.4. The summed E-state index contributed by atoms with van der Waals surface area (Å²) in [7, 11) is 0. The molecule has 44 heavy (non-hydrogen) atoms. The molecule has 0 saturated heterocycles. The molecule has 2 aliphatic heterocycles. The quantitative estimate of drug-likeness (QED) is 0.350. The summed E-state index contributed by atoms with van der Waals surface area (Å²) in [6.45, 7) is 12.8. The molecule has 0 fully saturated rings. The Labute approximate surface area is 255 Å². The lowest BCUT2D eigenvalue weighted by atomic mass is 9.74. The van der Waals surface area contributed by atoms with Crippen molar-refractivity contribution in [1.29, 1.82) is 10.5 Å². The summed E-state index contributed by atoms with van der Waals surface area (Å²) in [5.41, 5.74) is 4.36. The molecule has 1 aliphatic carbocycles. The lowest BCUT2D eigenvalue weighted by Crippen LogP contribution is -2.32. The molecule has 2 aromatic rings. The van der Waals surface area contributed by atoms with Crippen LogP contribution in [0.15, 0.2) is 82.3 Å². The van der Waals surface area contributed by atoms with Crippen molar-refractivity contribution >= 4 is 29.0 Å². The summed E-state index contributed by atoms with van der Waals surface area (Å²) in [6.07, 6.45) is 3.45. The second-order valence-corrected chi connectivity index (χ2v) is 12.0. The van der Waals surface area contributed by atoms with Crippen molar-refractivity contribution in [2.75, 3.05) is 18.0 Å². The van der Waals surface area contributed by atoms with Gasteiger partial charge >= 0.3 is 11.9 Å². The number of allylic oxidation sites excluding steroid dienone is 6. The van der Waals surface area contributed by atoms with Gasteiger partial charge in [0.15, 0.2) is 5.71 Å². The molecule has 9 heteroatoms. The minimum Gasteiger partial charge on any atom is -0.872 e. The first kappa shape index (κ1) is 30.1. The van der Waals surface area contributed by atoms with Gasteiger partial charge in [-0.3, -0.25) is 0 Å². The SMILES string of the molecule is CCN1/C(=C\C2=C([O-])C(=C\C3=[N+](CC)c4ccc(C(=O)O)cc4C3(C)C)/C2=C(C#N)C#N)C(C)(C)c2cc(C(=O)O)ccc21. The molecule has 0 unspecified atom stereocenters. The summed E-state index contributed by atoms with van der Waals surface area (Å²) >= 11 is 0. The maximum atomic E-state index is 13.9. The fourth-order valence-corrected chi connectivity index (χ4v) is 6.63. The van der Waals surface area contributed by atoms with Crippen LogP contribution in [0.1, 0.15) is 73.4 Å². The van der Waals surface area contributed by atoms with Gasteiger partial charge in [0.2, 0.25) is 5.69 Å². The third-order valence-electron chi connectivity index (χ3n) is 8.97. The van der Waals surface area contributed by atoms with Crippen molar-refractivity contribution in [2.45, 2.75) is 52.4 Å². The molecule has 222 valence electrons. The van der Waals surface area contributed by atoms with E-state index in [1.807, 2.05) is 63.2 Å². The normalized spacial score (nSPS) is 19.5. The van der Waals surface area contributed by atoms with E-state index in [-0.39, 0.29) is 39.2 Å². The number of likely N-dealkylation sites (N-methyl/N-ethyl adjacent to an activating group) is 1. The van der Waals surface area contributed by atoms with Crippen LogP contribution < -0.4 is 10.0 Å².